The number of hydrogen-bond donors (Lipinski definition) is 2. The van der Waals surface area contributed by atoms with Crippen LogP contribution in [0, 0.1) is 15.4 Å². The minimum absolute atomic E-state index is 0.00890. The summed E-state index contributed by atoms with van der Waals surface area (Å²) in [6.07, 6.45) is 0. The van der Waals surface area contributed by atoms with E-state index in [9.17, 15) is 13.2 Å². The molecule has 20 heavy (non-hydrogen) atoms. The average Bonchev–Trinajstić information content (AvgIpc) is 2.35. The average molecular weight is 411 g/mol. The van der Waals surface area contributed by atoms with Crippen LogP contribution in [-0.2, 0) is 10.0 Å². The second-order valence-electron chi connectivity index (χ2n) is 5.02. The maximum absolute atomic E-state index is 12.1. The Kier molecular flexibility index (Phi) is 5.96. The van der Waals surface area contributed by atoms with Crippen LogP contribution >= 0.6 is 22.6 Å². The predicted octanol–water partition coefficient (Wildman–Crippen LogP) is 2.56. The molecule has 0 saturated carbocycles. The number of halogens is 1. The molecule has 2 N–H and O–H groups in total. The Hall–Kier alpha value is -0.670. The van der Waals surface area contributed by atoms with Crippen molar-refractivity contribution in [3.8, 4) is 0 Å². The fraction of sp³-hybridized carbons (Fsp3) is 0.462. The first-order valence-electron chi connectivity index (χ1n) is 6.17. The van der Waals surface area contributed by atoms with E-state index >= 15 is 0 Å². The molecule has 0 bridgehead atoms. The van der Waals surface area contributed by atoms with Crippen LogP contribution < -0.4 is 4.72 Å². The van der Waals surface area contributed by atoms with Gasteiger partial charge in [0.15, 0.2) is 0 Å². The number of rotatable bonds is 6. The predicted molar refractivity (Wildman–Crippen MR) is 85.3 cm³/mol. The van der Waals surface area contributed by atoms with Gasteiger partial charge in [0.2, 0.25) is 10.0 Å². The smallest absolute Gasteiger partial charge is 0.336 e. The van der Waals surface area contributed by atoms with Gasteiger partial charge in [-0.05, 0) is 52.6 Å². The number of nitrogens with one attached hydrogen (secondary N) is 1. The molecule has 1 aromatic rings. The van der Waals surface area contributed by atoms with Crippen molar-refractivity contribution in [2.24, 2.45) is 11.8 Å². The van der Waals surface area contributed by atoms with Crippen LogP contribution in [0.1, 0.15) is 31.1 Å². The molecule has 112 valence electrons. The largest absolute Gasteiger partial charge is 0.478 e. The molecule has 0 aromatic heterocycles. The summed E-state index contributed by atoms with van der Waals surface area (Å²) >= 11 is 1.87. The van der Waals surface area contributed by atoms with Gasteiger partial charge in [-0.15, -0.1) is 0 Å². The summed E-state index contributed by atoms with van der Waals surface area (Å²) in [6.45, 7) is 6.33. The van der Waals surface area contributed by atoms with Gasteiger partial charge in [-0.2, -0.15) is 0 Å². The van der Waals surface area contributed by atoms with Gasteiger partial charge >= 0.3 is 5.97 Å². The number of carboxylic acid groups (broad SMARTS) is 1. The maximum atomic E-state index is 12.1. The molecule has 0 fully saturated rings. The van der Waals surface area contributed by atoms with Crippen LogP contribution in [0.2, 0.25) is 0 Å². The van der Waals surface area contributed by atoms with Gasteiger partial charge in [0.25, 0.3) is 0 Å². The van der Waals surface area contributed by atoms with Crippen molar-refractivity contribution in [2.75, 3.05) is 6.54 Å². The first kappa shape index (κ1) is 17.4. The summed E-state index contributed by atoms with van der Waals surface area (Å²) in [5, 5.41) is 9.03. The van der Waals surface area contributed by atoms with Crippen molar-refractivity contribution < 1.29 is 18.3 Å². The first-order valence-corrected chi connectivity index (χ1v) is 8.74. The number of benzene rings is 1. The molecule has 0 aliphatic carbocycles. The van der Waals surface area contributed by atoms with Crippen molar-refractivity contribution >= 4 is 38.6 Å². The molecule has 1 atom stereocenters. The zero-order valence-corrected chi connectivity index (χ0v) is 14.5. The number of carboxylic acids is 1. The molecule has 0 spiro atoms. The summed E-state index contributed by atoms with van der Waals surface area (Å²) < 4.78 is 27.3. The quantitative estimate of drug-likeness (QED) is 0.705. The summed E-state index contributed by atoms with van der Waals surface area (Å²) in [5.41, 5.74) is -0.00890. The highest BCUT2D eigenvalue weighted by molar-refractivity contribution is 14.1. The Bertz CT molecular complexity index is 598. The van der Waals surface area contributed by atoms with Crippen molar-refractivity contribution in [1.29, 1.82) is 0 Å². The van der Waals surface area contributed by atoms with Crippen molar-refractivity contribution in [3.63, 3.8) is 0 Å². The lowest BCUT2D eigenvalue weighted by molar-refractivity contribution is 0.0695. The van der Waals surface area contributed by atoms with Gasteiger partial charge in [0.1, 0.15) is 0 Å². The Labute approximate surface area is 133 Å². The van der Waals surface area contributed by atoms with Gasteiger partial charge in [-0.3, -0.25) is 0 Å². The van der Waals surface area contributed by atoms with Crippen LogP contribution in [0.25, 0.3) is 0 Å². The minimum Gasteiger partial charge on any atom is -0.478 e. The van der Waals surface area contributed by atoms with Crippen LogP contribution in [0.15, 0.2) is 23.1 Å². The third-order valence-corrected chi connectivity index (χ3v) is 5.57. The van der Waals surface area contributed by atoms with E-state index in [-0.39, 0.29) is 16.4 Å². The lowest BCUT2D eigenvalue weighted by Gasteiger charge is -2.16. The molecule has 0 saturated heterocycles. The van der Waals surface area contributed by atoms with Gasteiger partial charge in [-0.1, -0.05) is 20.8 Å². The molecule has 0 heterocycles. The molecule has 1 aromatic carbocycles. The van der Waals surface area contributed by atoms with Crippen LogP contribution in [0.5, 0.6) is 0 Å². The van der Waals surface area contributed by atoms with Crippen molar-refractivity contribution in [3.05, 3.63) is 27.3 Å². The molecular formula is C13H18INO4S. The summed E-state index contributed by atoms with van der Waals surface area (Å²) in [5.74, 6) is -0.571. The van der Waals surface area contributed by atoms with E-state index in [0.29, 0.717) is 16.0 Å². The Balaban J connectivity index is 2.99. The van der Waals surface area contributed by atoms with Gasteiger partial charge in [-0.25, -0.2) is 17.9 Å². The molecule has 1 rings (SSSR count). The Morgan fingerprint density at radius 2 is 1.95 bits per heavy atom. The second-order valence-corrected chi connectivity index (χ2v) is 7.95. The lowest BCUT2D eigenvalue weighted by atomic mass is 9.99. The van der Waals surface area contributed by atoms with Gasteiger partial charge in [0.05, 0.1) is 10.5 Å². The minimum atomic E-state index is -3.68. The zero-order valence-electron chi connectivity index (χ0n) is 11.6. The highest BCUT2D eigenvalue weighted by Crippen LogP contribution is 2.18. The van der Waals surface area contributed by atoms with E-state index in [1.165, 1.54) is 18.2 Å². The first-order chi connectivity index (χ1) is 9.15. The SMILES string of the molecule is CC(C)C(C)CNS(=O)(=O)c1ccc(I)c(C(=O)O)c1. The van der Waals surface area contributed by atoms with E-state index in [4.69, 9.17) is 5.11 Å². The van der Waals surface area contributed by atoms with E-state index in [2.05, 4.69) is 4.72 Å². The van der Waals surface area contributed by atoms with E-state index in [0.717, 1.165) is 0 Å². The van der Waals surface area contributed by atoms with Gasteiger partial charge in [0, 0.05) is 10.1 Å². The molecular weight excluding hydrogens is 393 g/mol. The fourth-order valence-corrected chi connectivity index (χ4v) is 3.13. The molecule has 0 radical (unpaired) electrons. The fourth-order valence-electron chi connectivity index (χ4n) is 1.40. The highest BCUT2D eigenvalue weighted by Gasteiger charge is 2.19. The Morgan fingerprint density at radius 3 is 2.45 bits per heavy atom. The van der Waals surface area contributed by atoms with Crippen LogP contribution in [0.4, 0.5) is 0 Å². The normalized spacial score (nSPS) is 13.4. The van der Waals surface area contributed by atoms with E-state index < -0.39 is 16.0 Å². The number of sulfonamides is 1. The van der Waals surface area contributed by atoms with E-state index in [1.807, 2.05) is 43.4 Å². The topological polar surface area (TPSA) is 83.5 Å². The van der Waals surface area contributed by atoms with Crippen molar-refractivity contribution in [1.82, 2.24) is 4.72 Å². The molecule has 0 amide bonds. The lowest BCUT2D eigenvalue weighted by Crippen LogP contribution is -2.30. The number of aromatic carboxylic acids is 1. The third kappa shape index (κ3) is 4.42. The zero-order chi connectivity index (χ0) is 15.5. The van der Waals surface area contributed by atoms with Crippen LogP contribution in [0.3, 0.4) is 0 Å². The molecule has 0 aliphatic rings. The molecule has 5 nitrogen and oxygen atoms in total. The molecule has 7 heteroatoms. The monoisotopic (exact) mass is 411 g/mol. The Morgan fingerprint density at radius 1 is 1.35 bits per heavy atom. The molecule has 0 aliphatic heterocycles. The maximum Gasteiger partial charge on any atom is 0.336 e. The van der Waals surface area contributed by atoms with Gasteiger partial charge < -0.3 is 5.11 Å². The summed E-state index contributed by atoms with van der Waals surface area (Å²) in [6, 6.07) is 4.09. The highest BCUT2D eigenvalue weighted by atomic mass is 127. The number of carbonyl (C=O) groups is 1. The van der Waals surface area contributed by atoms with Crippen molar-refractivity contribution in [2.45, 2.75) is 25.7 Å². The number of hydrogen-bond acceptors (Lipinski definition) is 3. The van der Waals surface area contributed by atoms with Crippen LogP contribution in [-0.4, -0.2) is 26.0 Å². The second kappa shape index (κ2) is 6.86. The third-order valence-electron chi connectivity index (χ3n) is 3.21. The summed E-state index contributed by atoms with van der Waals surface area (Å²) in [7, 11) is -3.68. The summed E-state index contributed by atoms with van der Waals surface area (Å²) in [4.78, 5) is 11.0. The standard InChI is InChI=1S/C13H18INO4S/c1-8(2)9(3)7-15-20(18,19)10-4-5-12(14)11(6-10)13(16)17/h4-6,8-9,15H,7H2,1-3H3,(H,16,17). The van der Waals surface area contributed by atoms with E-state index in [1.54, 1.807) is 0 Å². The molecule has 1 unspecified atom stereocenters.